The summed E-state index contributed by atoms with van der Waals surface area (Å²) in [5, 5.41) is 0. The molecule has 2 aromatic rings. The molecule has 1 aromatic carbocycles. The van der Waals surface area contributed by atoms with Gasteiger partial charge in [-0.2, -0.15) is 8.75 Å². The Hall–Kier alpha value is -0.520. The zero-order valence-corrected chi connectivity index (χ0v) is 8.76. The number of nitrogens with two attached hydrogens (primary N) is 1. The van der Waals surface area contributed by atoms with Crippen molar-refractivity contribution in [2.45, 2.75) is 6.54 Å². The molecule has 0 fully saturated rings. The third-order valence-electron chi connectivity index (χ3n) is 1.55. The van der Waals surface area contributed by atoms with Crippen LogP contribution in [0.5, 0.6) is 0 Å². The standard InChI is InChI=1S/C7H7N3S.BrH/c8-4-5-1-2-6-7(3-5)10-11-9-6;/h1-3H,4,8H2;1H. The summed E-state index contributed by atoms with van der Waals surface area (Å²) in [7, 11) is 0. The molecule has 3 nitrogen and oxygen atoms in total. The van der Waals surface area contributed by atoms with Crippen LogP contribution in [0.25, 0.3) is 11.0 Å². The van der Waals surface area contributed by atoms with E-state index in [1.165, 1.54) is 11.7 Å². The highest BCUT2D eigenvalue weighted by atomic mass is 79.9. The summed E-state index contributed by atoms with van der Waals surface area (Å²) in [5.41, 5.74) is 8.46. The lowest BCUT2D eigenvalue weighted by Gasteiger charge is -1.92. The first kappa shape index (κ1) is 9.57. The molecule has 0 radical (unpaired) electrons. The van der Waals surface area contributed by atoms with Gasteiger partial charge in [-0.15, -0.1) is 17.0 Å². The SMILES string of the molecule is Br.NCc1ccc2nsnc2c1. The normalized spacial score (nSPS) is 9.75. The third-order valence-corrected chi connectivity index (χ3v) is 2.11. The van der Waals surface area contributed by atoms with E-state index in [1.54, 1.807) is 0 Å². The average Bonchev–Trinajstić information content (AvgIpc) is 2.50. The lowest BCUT2D eigenvalue weighted by Crippen LogP contribution is -1.94. The largest absolute Gasteiger partial charge is 0.326 e. The van der Waals surface area contributed by atoms with Gasteiger partial charge in [0.05, 0.1) is 11.7 Å². The molecule has 0 atom stereocenters. The Bertz CT molecular complexity index is 373. The molecule has 0 spiro atoms. The predicted octanol–water partition coefficient (Wildman–Crippen LogP) is 1.73. The first-order chi connectivity index (χ1) is 5.40. The van der Waals surface area contributed by atoms with E-state index in [9.17, 15) is 0 Å². The molecule has 0 saturated carbocycles. The molecule has 12 heavy (non-hydrogen) atoms. The average molecular weight is 246 g/mol. The second kappa shape index (κ2) is 3.93. The molecule has 0 unspecified atom stereocenters. The number of halogens is 1. The Balaban J connectivity index is 0.000000720. The number of fused-ring (bicyclic) bond motifs is 1. The predicted molar refractivity (Wildman–Crippen MR) is 55.6 cm³/mol. The summed E-state index contributed by atoms with van der Waals surface area (Å²) in [6.07, 6.45) is 0. The van der Waals surface area contributed by atoms with E-state index in [0.29, 0.717) is 6.54 Å². The molecule has 1 heterocycles. The van der Waals surface area contributed by atoms with Gasteiger partial charge in [0, 0.05) is 6.54 Å². The zero-order valence-electron chi connectivity index (χ0n) is 6.23. The number of rotatable bonds is 1. The minimum atomic E-state index is 0. The fourth-order valence-corrected chi connectivity index (χ4v) is 1.47. The number of benzene rings is 1. The van der Waals surface area contributed by atoms with E-state index in [4.69, 9.17) is 5.73 Å². The highest BCUT2D eigenvalue weighted by Gasteiger charge is 1.97. The fourth-order valence-electron chi connectivity index (χ4n) is 0.955. The van der Waals surface area contributed by atoms with Crippen LogP contribution in [0, 0.1) is 0 Å². The van der Waals surface area contributed by atoms with Gasteiger partial charge in [-0.05, 0) is 17.7 Å². The molecule has 0 aliphatic heterocycles. The van der Waals surface area contributed by atoms with Gasteiger partial charge in [-0.1, -0.05) is 6.07 Å². The van der Waals surface area contributed by atoms with Crippen LogP contribution < -0.4 is 5.73 Å². The van der Waals surface area contributed by atoms with Crippen LogP contribution in [0.1, 0.15) is 5.56 Å². The van der Waals surface area contributed by atoms with E-state index in [-0.39, 0.29) is 17.0 Å². The summed E-state index contributed by atoms with van der Waals surface area (Å²) in [6, 6.07) is 5.89. The van der Waals surface area contributed by atoms with E-state index >= 15 is 0 Å². The summed E-state index contributed by atoms with van der Waals surface area (Å²) in [5.74, 6) is 0. The lowest BCUT2D eigenvalue weighted by atomic mass is 10.2. The molecule has 1 aromatic heterocycles. The van der Waals surface area contributed by atoms with Crippen LogP contribution in [-0.4, -0.2) is 8.75 Å². The highest BCUT2D eigenvalue weighted by Crippen LogP contribution is 2.12. The molecule has 2 rings (SSSR count). The maximum absolute atomic E-state index is 5.46. The van der Waals surface area contributed by atoms with E-state index in [1.807, 2.05) is 18.2 Å². The minimum absolute atomic E-state index is 0. The Kier molecular flexibility index (Phi) is 3.13. The Morgan fingerprint density at radius 1 is 1.25 bits per heavy atom. The summed E-state index contributed by atoms with van der Waals surface area (Å²) in [6.45, 7) is 0.563. The first-order valence-electron chi connectivity index (χ1n) is 3.31. The van der Waals surface area contributed by atoms with Crippen molar-refractivity contribution in [3.05, 3.63) is 23.8 Å². The minimum Gasteiger partial charge on any atom is -0.326 e. The van der Waals surface area contributed by atoms with Crippen LogP contribution in [-0.2, 0) is 6.54 Å². The molecular weight excluding hydrogens is 238 g/mol. The van der Waals surface area contributed by atoms with Crippen LogP contribution >= 0.6 is 28.7 Å². The van der Waals surface area contributed by atoms with E-state index < -0.39 is 0 Å². The van der Waals surface area contributed by atoms with Gasteiger partial charge in [0.15, 0.2) is 0 Å². The van der Waals surface area contributed by atoms with Crippen molar-refractivity contribution in [2.75, 3.05) is 0 Å². The van der Waals surface area contributed by atoms with Crippen molar-refractivity contribution >= 4 is 39.7 Å². The number of aromatic nitrogens is 2. The van der Waals surface area contributed by atoms with Crippen LogP contribution in [0.2, 0.25) is 0 Å². The molecule has 0 amide bonds. The molecule has 0 aliphatic rings. The zero-order chi connectivity index (χ0) is 7.68. The van der Waals surface area contributed by atoms with Gasteiger partial charge < -0.3 is 5.73 Å². The quantitative estimate of drug-likeness (QED) is 0.833. The van der Waals surface area contributed by atoms with Crippen LogP contribution in [0.4, 0.5) is 0 Å². The summed E-state index contributed by atoms with van der Waals surface area (Å²) < 4.78 is 8.19. The van der Waals surface area contributed by atoms with Gasteiger partial charge in [-0.3, -0.25) is 0 Å². The molecule has 2 N–H and O–H groups in total. The smallest absolute Gasteiger partial charge is 0.105 e. The summed E-state index contributed by atoms with van der Waals surface area (Å²) >= 11 is 1.23. The van der Waals surface area contributed by atoms with Gasteiger partial charge in [0.25, 0.3) is 0 Å². The van der Waals surface area contributed by atoms with E-state index in [2.05, 4.69) is 8.75 Å². The van der Waals surface area contributed by atoms with Crippen molar-refractivity contribution in [1.29, 1.82) is 0 Å². The van der Waals surface area contributed by atoms with Crippen LogP contribution in [0.3, 0.4) is 0 Å². The highest BCUT2D eigenvalue weighted by molar-refractivity contribution is 8.93. The van der Waals surface area contributed by atoms with E-state index in [0.717, 1.165) is 16.6 Å². The second-order valence-electron chi connectivity index (χ2n) is 2.29. The fraction of sp³-hybridized carbons (Fsp3) is 0.143. The topological polar surface area (TPSA) is 51.8 Å². The van der Waals surface area contributed by atoms with Crippen molar-refractivity contribution < 1.29 is 0 Å². The maximum Gasteiger partial charge on any atom is 0.105 e. The Morgan fingerprint density at radius 2 is 2.00 bits per heavy atom. The van der Waals surface area contributed by atoms with Gasteiger partial charge in [0.2, 0.25) is 0 Å². The molecular formula is C7H8BrN3S. The number of hydrogen-bond acceptors (Lipinski definition) is 4. The maximum atomic E-state index is 5.46. The molecule has 0 bridgehead atoms. The molecule has 5 heteroatoms. The second-order valence-corrected chi connectivity index (χ2v) is 2.82. The summed E-state index contributed by atoms with van der Waals surface area (Å²) in [4.78, 5) is 0. The molecule has 0 saturated heterocycles. The number of nitrogens with zero attached hydrogens (tertiary/aromatic N) is 2. The monoisotopic (exact) mass is 245 g/mol. The van der Waals surface area contributed by atoms with Gasteiger partial charge in [-0.25, -0.2) is 0 Å². The van der Waals surface area contributed by atoms with Gasteiger partial charge >= 0.3 is 0 Å². The molecule has 64 valence electrons. The van der Waals surface area contributed by atoms with Crippen molar-refractivity contribution in [1.82, 2.24) is 8.75 Å². The lowest BCUT2D eigenvalue weighted by molar-refractivity contribution is 1.07. The van der Waals surface area contributed by atoms with Crippen molar-refractivity contribution in [3.63, 3.8) is 0 Å². The molecule has 0 aliphatic carbocycles. The first-order valence-corrected chi connectivity index (χ1v) is 4.04. The third kappa shape index (κ3) is 1.63. The number of hydrogen-bond donors (Lipinski definition) is 1. The van der Waals surface area contributed by atoms with Crippen molar-refractivity contribution in [2.24, 2.45) is 5.73 Å². The van der Waals surface area contributed by atoms with Crippen LogP contribution in [0.15, 0.2) is 18.2 Å². The Morgan fingerprint density at radius 3 is 2.75 bits per heavy atom. The Labute approximate surface area is 84.7 Å². The van der Waals surface area contributed by atoms with Gasteiger partial charge in [0.1, 0.15) is 11.0 Å². The van der Waals surface area contributed by atoms with Crippen molar-refractivity contribution in [3.8, 4) is 0 Å².